The summed E-state index contributed by atoms with van der Waals surface area (Å²) in [5.41, 5.74) is 1.07. The number of benzene rings is 1. The standard InChI is InChI=1S/C19H28N2O4/c1-4-21-13-15(12-18(21)22)19(23)20-10-9-14-7-8-16(24-5-2)17(11-14)25-6-3/h7-8,11,15H,4-6,9-10,12-13H2,1-3H3,(H,20,23)/t15-/m1/s1. The van der Waals surface area contributed by atoms with Gasteiger partial charge in [-0.1, -0.05) is 6.07 Å². The fourth-order valence-corrected chi connectivity index (χ4v) is 2.98. The molecule has 1 fully saturated rings. The molecule has 0 unspecified atom stereocenters. The van der Waals surface area contributed by atoms with E-state index >= 15 is 0 Å². The molecule has 138 valence electrons. The molecular weight excluding hydrogens is 320 g/mol. The molecule has 1 saturated heterocycles. The van der Waals surface area contributed by atoms with Gasteiger partial charge in [-0.15, -0.1) is 0 Å². The molecule has 0 spiro atoms. The summed E-state index contributed by atoms with van der Waals surface area (Å²) in [5, 5.41) is 2.94. The van der Waals surface area contributed by atoms with Gasteiger partial charge in [0, 0.05) is 26.1 Å². The van der Waals surface area contributed by atoms with Crippen LogP contribution in [0.3, 0.4) is 0 Å². The van der Waals surface area contributed by atoms with E-state index in [1.165, 1.54) is 0 Å². The van der Waals surface area contributed by atoms with Gasteiger partial charge in [0.2, 0.25) is 11.8 Å². The number of carbonyl (C=O) groups excluding carboxylic acids is 2. The summed E-state index contributed by atoms with van der Waals surface area (Å²) >= 11 is 0. The maximum atomic E-state index is 12.2. The van der Waals surface area contributed by atoms with Crippen molar-refractivity contribution in [2.45, 2.75) is 33.6 Å². The first-order valence-electron chi connectivity index (χ1n) is 9.03. The van der Waals surface area contributed by atoms with Gasteiger partial charge < -0.3 is 19.7 Å². The lowest BCUT2D eigenvalue weighted by molar-refractivity contribution is -0.128. The molecule has 1 N–H and O–H groups in total. The Balaban J connectivity index is 1.86. The summed E-state index contributed by atoms with van der Waals surface area (Å²) in [6.07, 6.45) is 1.02. The summed E-state index contributed by atoms with van der Waals surface area (Å²) in [6, 6.07) is 5.84. The van der Waals surface area contributed by atoms with Crippen molar-refractivity contribution >= 4 is 11.8 Å². The van der Waals surface area contributed by atoms with Gasteiger partial charge in [0.05, 0.1) is 19.1 Å². The van der Waals surface area contributed by atoms with E-state index in [9.17, 15) is 9.59 Å². The fourth-order valence-electron chi connectivity index (χ4n) is 2.98. The van der Waals surface area contributed by atoms with E-state index in [0.717, 1.165) is 17.1 Å². The molecule has 0 aliphatic carbocycles. The number of rotatable bonds is 9. The molecule has 6 heteroatoms. The highest BCUT2D eigenvalue weighted by molar-refractivity contribution is 5.89. The summed E-state index contributed by atoms with van der Waals surface area (Å²) in [4.78, 5) is 25.7. The van der Waals surface area contributed by atoms with Gasteiger partial charge >= 0.3 is 0 Å². The van der Waals surface area contributed by atoms with E-state index in [0.29, 0.717) is 45.7 Å². The lowest BCUT2D eigenvalue weighted by Gasteiger charge is -2.14. The molecule has 1 atom stereocenters. The lowest BCUT2D eigenvalue weighted by Crippen LogP contribution is -2.34. The largest absolute Gasteiger partial charge is 0.490 e. The van der Waals surface area contributed by atoms with E-state index in [2.05, 4.69) is 5.32 Å². The number of nitrogens with one attached hydrogen (secondary N) is 1. The molecule has 1 aromatic rings. The van der Waals surface area contributed by atoms with Crippen molar-refractivity contribution in [2.75, 3.05) is 32.8 Å². The Bertz CT molecular complexity index is 603. The van der Waals surface area contributed by atoms with E-state index in [1.807, 2.05) is 39.0 Å². The summed E-state index contributed by atoms with van der Waals surface area (Å²) in [7, 11) is 0. The second-order valence-electron chi connectivity index (χ2n) is 6.02. The molecule has 0 aromatic heterocycles. The molecule has 0 saturated carbocycles. The SMILES string of the molecule is CCOc1ccc(CCNC(=O)[C@@H]2CC(=O)N(CC)C2)cc1OCC. The van der Waals surface area contributed by atoms with Gasteiger partial charge in [-0.25, -0.2) is 0 Å². The van der Waals surface area contributed by atoms with E-state index in [-0.39, 0.29) is 17.7 Å². The normalized spacial score (nSPS) is 16.8. The fraction of sp³-hybridized carbons (Fsp3) is 0.579. The van der Waals surface area contributed by atoms with Crippen molar-refractivity contribution in [1.82, 2.24) is 10.2 Å². The minimum Gasteiger partial charge on any atom is -0.490 e. The predicted molar refractivity (Wildman–Crippen MR) is 95.9 cm³/mol. The zero-order chi connectivity index (χ0) is 18.2. The number of likely N-dealkylation sites (tertiary alicyclic amines) is 1. The lowest BCUT2D eigenvalue weighted by atomic mass is 10.1. The average Bonchev–Trinajstić information content (AvgIpc) is 2.98. The van der Waals surface area contributed by atoms with Gasteiger partial charge in [0.25, 0.3) is 0 Å². The Morgan fingerprint density at radius 3 is 2.56 bits per heavy atom. The predicted octanol–water partition coefficient (Wildman–Crippen LogP) is 2.01. The Morgan fingerprint density at radius 2 is 1.92 bits per heavy atom. The molecule has 0 bridgehead atoms. The van der Waals surface area contributed by atoms with Crippen molar-refractivity contribution in [2.24, 2.45) is 5.92 Å². The van der Waals surface area contributed by atoms with Crippen LogP contribution < -0.4 is 14.8 Å². The Labute approximate surface area is 149 Å². The second-order valence-corrected chi connectivity index (χ2v) is 6.02. The first-order chi connectivity index (χ1) is 12.1. The van der Waals surface area contributed by atoms with Crippen LogP contribution in [0.4, 0.5) is 0 Å². The van der Waals surface area contributed by atoms with Gasteiger partial charge in [-0.2, -0.15) is 0 Å². The number of amides is 2. The topological polar surface area (TPSA) is 67.9 Å². The highest BCUT2D eigenvalue weighted by Crippen LogP contribution is 2.28. The first kappa shape index (κ1) is 19.1. The number of nitrogens with zero attached hydrogens (tertiary/aromatic N) is 1. The molecule has 1 aromatic carbocycles. The van der Waals surface area contributed by atoms with Gasteiger partial charge in [-0.05, 0) is 44.9 Å². The molecule has 2 rings (SSSR count). The van der Waals surface area contributed by atoms with Crippen LogP contribution in [0.1, 0.15) is 32.8 Å². The highest BCUT2D eigenvalue weighted by atomic mass is 16.5. The van der Waals surface area contributed by atoms with Crippen LogP contribution in [0.5, 0.6) is 11.5 Å². The van der Waals surface area contributed by atoms with Crippen molar-refractivity contribution in [3.8, 4) is 11.5 Å². The van der Waals surface area contributed by atoms with Crippen LogP contribution in [0.25, 0.3) is 0 Å². The van der Waals surface area contributed by atoms with Crippen molar-refractivity contribution in [3.63, 3.8) is 0 Å². The molecule has 1 aliphatic rings. The van der Waals surface area contributed by atoms with E-state index in [1.54, 1.807) is 4.90 Å². The Kier molecular flexibility index (Phi) is 7.10. The first-order valence-corrected chi connectivity index (χ1v) is 9.03. The summed E-state index contributed by atoms with van der Waals surface area (Å²) in [6.45, 7) is 8.69. The molecule has 1 heterocycles. The maximum Gasteiger partial charge on any atom is 0.225 e. The van der Waals surface area contributed by atoms with E-state index in [4.69, 9.17) is 9.47 Å². The van der Waals surface area contributed by atoms with Crippen LogP contribution >= 0.6 is 0 Å². The molecule has 25 heavy (non-hydrogen) atoms. The summed E-state index contributed by atoms with van der Waals surface area (Å²) < 4.78 is 11.2. The number of carbonyl (C=O) groups is 2. The third-order valence-corrected chi connectivity index (χ3v) is 4.29. The monoisotopic (exact) mass is 348 g/mol. The molecule has 6 nitrogen and oxygen atoms in total. The van der Waals surface area contributed by atoms with Gasteiger partial charge in [0.15, 0.2) is 11.5 Å². The number of ether oxygens (including phenoxy) is 2. The highest BCUT2D eigenvalue weighted by Gasteiger charge is 2.32. The Hall–Kier alpha value is -2.24. The van der Waals surface area contributed by atoms with Crippen LogP contribution in [0, 0.1) is 5.92 Å². The zero-order valence-electron chi connectivity index (χ0n) is 15.3. The van der Waals surface area contributed by atoms with Crippen LogP contribution in [0.2, 0.25) is 0 Å². The number of hydrogen-bond acceptors (Lipinski definition) is 4. The molecule has 2 amide bonds. The Morgan fingerprint density at radius 1 is 1.20 bits per heavy atom. The third-order valence-electron chi connectivity index (χ3n) is 4.29. The maximum absolute atomic E-state index is 12.2. The molecule has 1 aliphatic heterocycles. The molecular formula is C19H28N2O4. The minimum atomic E-state index is -0.230. The van der Waals surface area contributed by atoms with Crippen molar-refractivity contribution in [1.29, 1.82) is 0 Å². The van der Waals surface area contributed by atoms with E-state index < -0.39 is 0 Å². The van der Waals surface area contributed by atoms with Crippen LogP contribution in [0.15, 0.2) is 18.2 Å². The number of hydrogen-bond donors (Lipinski definition) is 1. The molecule has 0 radical (unpaired) electrons. The van der Waals surface area contributed by atoms with Crippen molar-refractivity contribution in [3.05, 3.63) is 23.8 Å². The smallest absolute Gasteiger partial charge is 0.225 e. The minimum absolute atomic E-state index is 0.0414. The zero-order valence-corrected chi connectivity index (χ0v) is 15.3. The second kappa shape index (κ2) is 9.30. The quantitative estimate of drug-likeness (QED) is 0.741. The third kappa shape index (κ3) is 5.11. The van der Waals surface area contributed by atoms with Gasteiger partial charge in [0.1, 0.15) is 0 Å². The average molecular weight is 348 g/mol. The van der Waals surface area contributed by atoms with Gasteiger partial charge in [-0.3, -0.25) is 9.59 Å². The van der Waals surface area contributed by atoms with Crippen molar-refractivity contribution < 1.29 is 19.1 Å². The van der Waals surface area contributed by atoms with Crippen LogP contribution in [-0.4, -0.2) is 49.6 Å². The van der Waals surface area contributed by atoms with Crippen LogP contribution in [-0.2, 0) is 16.0 Å². The summed E-state index contributed by atoms with van der Waals surface area (Å²) in [5.74, 6) is 1.26.